The maximum Gasteiger partial charge on any atom is 0.337 e. The van der Waals surface area contributed by atoms with Gasteiger partial charge < -0.3 is 10.1 Å². The summed E-state index contributed by atoms with van der Waals surface area (Å²) in [5, 5.41) is 2.82. The lowest BCUT2D eigenvalue weighted by atomic mass is 9.91. The van der Waals surface area contributed by atoms with Crippen LogP contribution in [0.5, 0.6) is 0 Å². The number of nitrogens with one attached hydrogen (secondary N) is 1. The molecule has 1 atom stereocenters. The van der Waals surface area contributed by atoms with Gasteiger partial charge in [-0.2, -0.15) is 0 Å². The maximum atomic E-state index is 13.0. The Morgan fingerprint density at radius 3 is 2.21 bits per heavy atom. The molecule has 0 saturated carbocycles. The van der Waals surface area contributed by atoms with Gasteiger partial charge >= 0.3 is 12.0 Å². The first-order valence-corrected chi connectivity index (χ1v) is 9.30. The highest BCUT2D eigenvalue weighted by Gasteiger charge is 2.48. The molecule has 1 aliphatic heterocycles. The minimum atomic E-state index is -1.09. The SMILES string of the molecule is CCCc1ccc([C@]2(C)NC(=O)N(Cc3ccc(C(=O)OC)cc3)C2=O)cc1. The van der Waals surface area contributed by atoms with Crippen molar-refractivity contribution in [2.75, 3.05) is 7.11 Å². The highest BCUT2D eigenvalue weighted by atomic mass is 16.5. The number of aryl methyl sites for hydroxylation is 1. The van der Waals surface area contributed by atoms with Crippen LogP contribution < -0.4 is 5.32 Å². The van der Waals surface area contributed by atoms with Gasteiger partial charge in [-0.1, -0.05) is 49.7 Å². The first-order valence-electron chi connectivity index (χ1n) is 9.30. The smallest absolute Gasteiger partial charge is 0.337 e. The molecular formula is C22H24N2O4. The van der Waals surface area contributed by atoms with Crippen LogP contribution in [0.4, 0.5) is 4.79 Å². The van der Waals surface area contributed by atoms with Gasteiger partial charge in [0.25, 0.3) is 5.91 Å². The Labute approximate surface area is 164 Å². The molecule has 3 amide bonds. The molecule has 28 heavy (non-hydrogen) atoms. The van der Waals surface area contributed by atoms with Crippen molar-refractivity contribution in [1.82, 2.24) is 10.2 Å². The Hall–Kier alpha value is -3.15. The summed E-state index contributed by atoms with van der Waals surface area (Å²) >= 11 is 0. The zero-order valence-electron chi connectivity index (χ0n) is 16.3. The number of ether oxygens (including phenoxy) is 1. The van der Waals surface area contributed by atoms with Crippen LogP contribution >= 0.6 is 0 Å². The summed E-state index contributed by atoms with van der Waals surface area (Å²) in [6.07, 6.45) is 2.03. The second kappa shape index (κ2) is 7.84. The normalized spacial score (nSPS) is 18.9. The van der Waals surface area contributed by atoms with Crippen molar-refractivity contribution in [3.63, 3.8) is 0 Å². The van der Waals surface area contributed by atoms with Gasteiger partial charge in [-0.25, -0.2) is 9.59 Å². The number of rotatable bonds is 6. The number of methoxy groups -OCH3 is 1. The highest BCUT2D eigenvalue weighted by molar-refractivity contribution is 6.07. The van der Waals surface area contributed by atoms with Crippen LogP contribution in [-0.4, -0.2) is 29.9 Å². The van der Waals surface area contributed by atoms with Gasteiger partial charge in [0.05, 0.1) is 19.2 Å². The minimum absolute atomic E-state index is 0.135. The molecule has 0 aromatic heterocycles. The molecular weight excluding hydrogens is 356 g/mol. The van der Waals surface area contributed by atoms with E-state index >= 15 is 0 Å². The number of esters is 1. The Kier molecular flexibility index (Phi) is 5.49. The Balaban J connectivity index is 1.78. The summed E-state index contributed by atoms with van der Waals surface area (Å²) in [5.41, 5.74) is 2.04. The number of imide groups is 1. The molecule has 0 radical (unpaired) electrons. The van der Waals surface area contributed by atoms with Crippen molar-refractivity contribution in [1.29, 1.82) is 0 Å². The first-order chi connectivity index (χ1) is 13.4. The Morgan fingerprint density at radius 1 is 1.04 bits per heavy atom. The van der Waals surface area contributed by atoms with Crippen molar-refractivity contribution >= 4 is 17.9 Å². The molecule has 0 spiro atoms. The molecule has 1 heterocycles. The standard InChI is InChI=1S/C22H24N2O4/c1-4-5-15-8-12-18(13-9-15)22(2)20(26)24(21(27)23-22)14-16-6-10-17(11-7-16)19(25)28-3/h6-13H,4-5,14H2,1-3H3,(H,23,27)/t22-/m0/s1. The molecule has 3 rings (SSSR count). The van der Waals surface area contributed by atoms with Crippen molar-refractivity contribution in [2.24, 2.45) is 0 Å². The zero-order valence-corrected chi connectivity index (χ0v) is 16.3. The third-order valence-electron chi connectivity index (χ3n) is 5.06. The van der Waals surface area contributed by atoms with Gasteiger partial charge in [-0.15, -0.1) is 0 Å². The van der Waals surface area contributed by atoms with E-state index in [2.05, 4.69) is 17.0 Å². The molecule has 0 aliphatic carbocycles. The molecule has 2 aromatic carbocycles. The van der Waals surface area contributed by atoms with Crippen LogP contribution in [0.25, 0.3) is 0 Å². The molecule has 146 valence electrons. The second-order valence-corrected chi connectivity index (χ2v) is 7.08. The van der Waals surface area contributed by atoms with Crippen molar-refractivity contribution in [3.05, 3.63) is 70.8 Å². The average Bonchev–Trinajstić information content (AvgIpc) is 2.92. The average molecular weight is 380 g/mol. The zero-order chi connectivity index (χ0) is 20.3. The number of hydrogen-bond acceptors (Lipinski definition) is 4. The van der Waals surface area contributed by atoms with E-state index in [1.807, 2.05) is 24.3 Å². The number of nitrogens with zero attached hydrogens (tertiary/aromatic N) is 1. The van der Waals surface area contributed by atoms with Gasteiger partial charge in [-0.3, -0.25) is 9.69 Å². The molecule has 1 fully saturated rings. The molecule has 1 saturated heterocycles. The summed E-state index contributed by atoms with van der Waals surface area (Å²) in [4.78, 5) is 38.3. The van der Waals surface area contributed by atoms with Gasteiger partial charge in [-0.05, 0) is 42.2 Å². The van der Waals surface area contributed by atoms with Gasteiger partial charge in [0.15, 0.2) is 0 Å². The van der Waals surface area contributed by atoms with Crippen LogP contribution in [0.15, 0.2) is 48.5 Å². The van der Waals surface area contributed by atoms with E-state index in [-0.39, 0.29) is 12.5 Å². The number of carbonyl (C=O) groups excluding carboxylic acids is 3. The molecule has 0 bridgehead atoms. The third kappa shape index (κ3) is 3.63. The molecule has 0 unspecified atom stereocenters. The number of carbonyl (C=O) groups is 3. The molecule has 1 aliphatic rings. The number of urea groups is 1. The lowest BCUT2D eigenvalue weighted by molar-refractivity contribution is -0.131. The lowest BCUT2D eigenvalue weighted by Crippen LogP contribution is -2.40. The predicted octanol–water partition coefficient (Wildman–Crippen LogP) is 3.39. The van der Waals surface area contributed by atoms with Crippen molar-refractivity contribution in [2.45, 2.75) is 38.8 Å². The third-order valence-corrected chi connectivity index (χ3v) is 5.06. The largest absolute Gasteiger partial charge is 0.465 e. The molecule has 1 N–H and O–H groups in total. The van der Waals surface area contributed by atoms with E-state index in [4.69, 9.17) is 0 Å². The highest BCUT2D eigenvalue weighted by Crippen LogP contribution is 2.30. The van der Waals surface area contributed by atoms with Gasteiger partial charge in [0, 0.05) is 0 Å². The topological polar surface area (TPSA) is 75.7 Å². The Morgan fingerprint density at radius 2 is 1.64 bits per heavy atom. The summed E-state index contributed by atoms with van der Waals surface area (Å²) in [6.45, 7) is 3.98. The summed E-state index contributed by atoms with van der Waals surface area (Å²) in [6, 6.07) is 14.0. The monoisotopic (exact) mass is 380 g/mol. The van der Waals surface area contributed by atoms with Crippen LogP contribution in [-0.2, 0) is 28.0 Å². The van der Waals surface area contributed by atoms with E-state index in [1.165, 1.54) is 17.6 Å². The quantitative estimate of drug-likeness (QED) is 0.616. The van der Waals surface area contributed by atoms with Crippen LogP contribution in [0.2, 0.25) is 0 Å². The van der Waals surface area contributed by atoms with E-state index in [9.17, 15) is 14.4 Å². The van der Waals surface area contributed by atoms with Crippen molar-refractivity contribution < 1.29 is 19.1 Å². The molecule has 6 heteroatoms. The fourth-order valence-corrected chi connectivity index (χ4v) is 3.38. The number of hydrogen-bond donors (Lipinski definition) is 1. The molecule has 2 aromatic rings. The van der Waals surface area contributed by atoms with Gasteiger partial charge in [0.1, 0.15) is 5.54 Å². The fourth-order valence-electron chi connectivity index (χ4n) is 3.38. The fraction of sp³-hybridized carbons (Fsp3) is 0.318. The van der Waals surface area contributed by atoms with Crippen LogP contribution in [0.3, 0.4) is 0 Å². The lowest BCUT2D eigenvalue weighted by Gasteiger charge is -2.22. The summed E-state index contributed by atoms with van der Waals surface area (Å²) < 4.78 is 4.68. The minimum Gasteiger partial charge on any atom is -0.465 e. The second-order valence-electron chi connectivity index (χ2n) is 7.08. The first kappa shape index (κ1) is 19.6. The maximum absolute atomic E-state index is 13.0. The number of benzene rings is 2. The van der Waals surface area contributed by atoms with Gasteiger partial charge in [0.2, 0.25) is 0 Å². The van der Waals surface area contributed by atoms with E-state index in [0.717, 1.165) is 24.0 Å². The molecule has 6 nitrogen and oxygen atoms in total. The van der Waals surface area contributed by atoms with Crippen molar-refractivity contribution in [3.8, 4) is 0 Å². The van der Waals surface area contributed by atoms with E-state index in [1.54, 1.807) is 31.2 Å². The summed E-state index contributed by atoms with van der Waals surface area (Å²) in [5.74, 6) is -0.724. The van der Waals surface area contributed by atoms with Crippen LogP contribution in [0, 0.1) is 0 Å². The Bertz CT molecular complexity index is 890. The number of amides is 3. The predicted molar refractivity (Wildman–Crippen MR) is 105 cm³/mol. The van der Waals surface area contributed by atoms with E-state index in [0.29, 0.717) is 5.56 Å². The van der Waals surface area contributed by atoms with E-state index < -0.39 is 17.5 Å². The summed E-state index contributed by atoms with van der Waals surface area (Å²) in [7, 11) is 1.32. The van der Waals surface area contributed by atoms with Crippen LogP contribution in [0.1, 0.15) is 47.3 Å².